The second-order valence-corrected chi connectivity index (χ2v) is 4.98. The van der Waals surface area contributed by atoms with Crippen molar-refractivity contribution in [1.29, 1.82) is 0 Å². The average molecular weight is 296 g/mol. The molecule has 1 heterocycles. The standard InChI is InChI=1S/C15H24N2O4/c1-12(2)20-10-4-8-16-14(18)6-7-15(19)17-11-13-5-3-9-21-13/h3,5,9,12H,4,6-8,10-11H2,1-2H3,(H,16,18)(H,17,19). The van der Waals surface area contributed by atoms with Gasteiger partial charge in [-0.15, -0.1) is 0 Å². The third-order valence-electron chi connectivity index (χ3n) is 2.71. The van der Waals surface area contributed by atoms with Gasteiger partial charge in [0.15, 0.2) is 0 Å². The molecule has 0 aliphatic heterocycles. The van der Waals surface area contributed by atoms with Crippen LogP contribution in [-0.4, -0.2) is 31.1 Å². The first kappa shape index (κ1) is 17.2. The molecular formula is C15H24N2O4. The first-order valence-corrected chi connectivity index (χ1v) is 7.25. The summed E-state index contributed by atoms with van der Waals surface area (Å²) in [6.45, 7) is 5.49. The number of rotatable bonds is 10. The van der Waals surface area contributed by atoms with Crippen LogP contribution in [0, 0.1) is 0 Å². The van der Waals surface area contributed by atoms with Crippen LogP contribution in [0.3, 0.4) is 0 Å². The van der Waals surface area contributed by atoms with E-state index in [4.69, 9.17) is 9.15 Å². The monoisotopic (exact) mass is 296 g/mol. The number of amides is 2. The van der Waals surface area contributed by atoms with Gasteiger partial charge in [0.1, 0.15) is 5.76 Å². The van der Waals surface area contributed by atoms with Crippen molar-refractivity contribution in [3.63, 3.8) is 0 Å². The van der Waals surface area contributed by atoms with Gasteiger partial charge in [-0.25, -0.2) is 0 Å². The van der Waals surface area contributed by atoms with E-state index in [1.807, 2.05) is 13.8 Å². The van der Waals surface area contributed by atoms with Crippen molar-refractivity contribution in [2.45, 2.75) is 45.8 Å². The molecule has 6 nitrogen and oxygen atoms in total. The van der Waals surface area contributed by atoms with E-state index in [9.17, 15) is 9.59 Å². The van der Waals surface area contributed by atoms with Gasteiger partial charge < -0.3 is 19.8 Å². The van der Waals surface area contributed by atoms with E-state index in [1.54, 1.807) is 18.4 Å². The van der Waals surface area contributed by atoms with E-state index < -0.39 is 0 Å². The van der Waals surface area contributed by atoms with E-state index in [0.29, 0.717) is 25.5 Å². The minimum absolute atomic E-state index is 0.118. The normalized spacial score (nSPS) is 10.6. The highest BCUT2D eigenvalue weighted by Crippen LogP contribution is 1.99. The topological polar surface area (TPSA) is 80.6 Å². The fourth-order valence-electron chi connectivity index (χ4n) is 1.62. The predicted octanol–water partition coefficient (Wildman–Crippen LogP) is 1.61. The molecule has 0 aliphatic carbocycles. The summed E-state index contributed by atoms with van der Waals surface area (Å²) in [6, 6.07) is 3.55. The Labute approximate surface area is 125 Å². The third-order valence-corrected chi connectivity index (χ3v) is 2.71. The molecule has 0 radical (unpaired) electrons. The Morgan fingerprint density at radius 2 is 1.95 bits per heavy atom. The van der Waals surface area contributed by atoms with Crippen molar-refractivity contribution in [2.75, 3.05) is 13.2 Å². The summed E-state index contributed by atoms with van der Waals surface area (Å²) < 4.78 is 10.5. The summed E-state index contributed by atoms with van der Waals surface area (Å²) in [7, 11) is 0. The maximum Gasteiger partial charge on any atom is 0.220 e. The molecule has 1 aromatic rings. The van der Waals surface area contributed by atoms with Crippen LogP contribution in [0.1, 0.15) is 38.9 Å². The largest absolute Gasteiger partial charge is 0.467 e. The molecule has 6 heteroatoms. The smallest absolute Gasteiger partial charge is 0.220 e. The second kappa shape index (κ2) is 9.99. The van der Waals surface area contributed by atoms with Gasteiger partial charge >= 0.3 is 0 Å². The molecule has 0 aromatic carbocycles. The fourth-order valence-corrected chi connectivity index (χ4v) is 1.62. The number of furan rings is 1. The number of nitrogens with one attached hydrogen (secondary N) is 2. The summed E-state index contributed by atoms with van der Waals surface area (Å²) >= 11 is 0. The van der Waals surface area contributed by atoms with Crippen LogP contribution >= 0.6 is 0 Å². The lowest BCUT2D eigenvalue weighted by Gasteiger charge is -2.08. The molecule has 0 saturated heterocycles. The minimum atomic E-state index is -0.162. The van der Waals surface area contributed by atoms with Crippen molar-refractivity contribution in [3.8, 4) is 0 Å². The summed E-state index contributed by atoms with van der Waals surface area (Å²) in [5, 5.41) is 5.46. The molecule has 0 aliphatic rings. The van der Waals surface area contributed by atoms with Gasteiger partial charge in [-0.05, 0) is 32.4 Å². The van der Waals surface area contributed by atoms with E-state index >= 15 is 0 Å². The van der Waals surface area contributed by atoms with E-state index in [0.717, 1.165) is 6.42 Å². The molecule has 0 atom stereocenters. The number of hydrogen-bond donors (Lipinski definition) is 2. The SMILES string of the molecule is CC(C)OCCCNC(=O)CCC(=O)NCc1ccco1. The highest BCUT2D eigenvalue weighted by molar-refractivity contribution is 5.83. The lowest BCUT2D eigenvalue weighted by Crippen LogP contribution is -2.28. The Kier molecular flexibility index (Phi) is 8.19. The van der Waals surface area contributed by atoms with E-state index in [1.165, 1.54) is 0 Å². The molecule has 1 aromatic heterocycles. The Bertz CT molecular complexity index is 415. The quantitative estimate of drug-likeness (QED) is 0.643. The first-order valence-electron chi connectivity index (χ1n) is 7.25. The predicted molar refractivity (Wildman–Crippen MR) is 78.5 cm³/mol. The first-order chi connectivity index (χ1) is 10.1. The molecule has 118 valence electrons. The molecule has 2 amide bonds. The van der Waals surface area contributed by atoms with Gasteiger partial charge in [0, 0.05) is 26.0 Å². The summed E-state index contributed by atoms with van der Waals surface area (Å²) in [6.07, 6.45) is 2.90. The molecule has 0 spiro atoms. The Morgan fingerprint density at radius 3 is 2.57 bits per heavy atom. The van der Waals surface area contributed by atoms with Crippen LogP contribution in [-0.2, 0) is 20.9 Å². The van der Waals surface area contributed by atoms with Crippen molar-refractivity contribution in [1.82, 2.24) is 10.6 Å². The van der Waals surface area contributed by atoms with Crippen LogP contribution in [0.2, 0.25) is 0 Å². The minimum Gasteiger partial charge on any atom is -0.467 e. The van der Waals surface area contributed by atoms with Crippen molar-refractivity contribution >= 4 is 11.8 Å². The van der Waals surface area contributed by atoms with Crippen molar-refractivity contribution in [3.05, 3.63) is 24.2 Å². The lowest BCUT2D eigenvalue weighted by molar-refractivity contribution is -0.126. The van der Waals surface area contributed by atoms with Gasteiger partial charge in [0.2, 0.25) is 11.8 Å². The second-order valence-electron chi connectivity index (χ2n) is 4.98. The molecule has 0 fully saturated rings. The number of carbonyl (C=O) groups is 2. The average Bonchev–Trinajstić information content (AvgIpc) is 2.95. The molecule has 0 unspecified atom stereocenters. The van der Waals surface area contributed by atoms with Crippen LogP contribution in [0.25, 0.3) is 0 Å². The number of ether oxygens (including phenoxy) is 1. The zero-order valence-electron chi connectivity index (χ0n) is 12.7. The van der Waals surface area contributed by atoms with Gasteiger partial charge in [0.25, 0.3) is 0 Å². The van der Waals surface area contributed by atoms with Crippen LogP contribution < -0.4 is 10.6 Å². The molecule has 0 bridgehead atoms. The maximum absolute atomic E-state index is 11.5. The maximum atomic E-state index is 11.5. The fraction of sp³-hybridized carbons (Fsp3) is 0.600. The molecule has 21 heavy (non-hydrogen) atoms. The number of carbonyl (C=O) groups excluding carboxylic acids is 2. The highest BCUT2D eigenvalue weighted by atomic mass is 16.5. The van der Waals surface area contributed by atoms with Crippen molar-refractivity contribution in [2.24, 2.45) is 0 Å². The van der Waals surface area contributed by atoms with Crippen LogP contribution in [0.4, 0.5) is 0 Å². The van der Waals surface area contributed by atoms with Crippen LogP contribution in [0.15, 0.2) is 22.8 Å². The van der Waals surface area contributed by atoms with E-state index in [2.05, 4.69) is 10.6 Å². The number of hydrogen-bond acceptors (Lipinski definition) is 4. The Morgan fingerprint density at radius 1 is 1.24 bits per heavy atom. The van der Waals surface area contributed by atoms with Crippen molar-refractivity contribution < 1.29 is 18.7 Å². The molecular weight excluding hydrogens is 272 g/mol. The zero-order valence-corrected chi connectivity index (χ0v) is 12.7. The van der Waals surface area contributed by atoms with Gasteiger partial charge in [-0.3, -0.25) is 9.59 Å². The Hall–Kier alpha value is -1.82. The summed E-state index contributed by atoms with van der Waals surface area (Å²) in [5.74, 6) is 0.412. The summed E-state index contributed by atoms with van der Waals surface area (Å²) in [5.41, 5.74) is 0. The zero-order chi connectivity index (χ0) is 15.5. The molecule has 0 saturated carbocycles. The Balaban J connectivity index is 2.00. The summed E-state index contributed by atoms with van der Waals surface area (Å²) in [4.78, 5) is 23.1. The van der Waals surface area contributed by atoms with Crippen LogP contribution in [0.5, 0.6) is 0 Å². The molecule has 1 rings (SSSR count). The molecule has 2 N–H and O–H groups in total. The highest BCUT2D eigenvalue weighted by Gasteiger charge is 2.07. The lowest BCUT2D eigenvalue weighted by atomic mass is 10.2. The van der Waals surface area contributed by atoms with E-state index in [-0.39, 0.29) is 30.8 Å². The third kappa shape index (κ3) is 8.86. The van der Waals surface area contributed by atoms with Gasteiger partial charge in [-0.1, -0.05) is 0 Å². The van der Waals surface area contributed by atoms with Gasteiger partial charge in [-0.2, -0.15) is 0 Å². The van der Waals surface area contributed by atoms with Gasteiger partial charge in [0.05, 0.1) is 18.9 Å².